The molecule has 0 radical (unpaired) electrons. The Morgan fingerprint density at radius 2 is 2.14 bits per heavy atom. The lowest BCUT2D eigenvalue weighted by Crippen LogP contribution is -2.57. The van der Waals surface area contributed by atoms with Crippen molar-refractivity contribution >= 4 is 10.0 Å². The highest BCUT2D eigenvalue weighted by molar-refractivity contribution is 7.89. The van der Waals surface area contributed by atoms with Crippen molar-refractivity contribution < 1.29 is 13.2 Å². The summed E-state index contributed by atoms with van der Waals surface area (Å²) in [7, 11) is 0.143. The minimum absolute atomic E-state index is 0.141. The van der Waals surface area contributed by atoms with E-state index in [-0.39, 0.29) is 11.8 Å². The molecule has 0 atom stereocenters. The van der Waals surface area contributed by atoms with Crippen molar-refractivity contribution in [1.29, 1.82) is 0 Å². The Morgan fingerprint density at radius 1 is 1.50 bits per heavy atom. The molecule has 0 saturated carbocycles. The normalized spacial score (nSPS) is 18.5. The van der Waals surface area contributed by atoms with Gasteiger partial charge in [-0.15, -0.1) is 0 Å². The second-order valence-electron chi connectivity index (χ2n) is 3.49. The van der Waals surface area contributed by atoms with Gasteiger partial charge in [0.15, 0.2) is 0 Å². The molecule has 1 saturated heterocycles. The second-order valence-corrected chi connectivity index (χ2v) is 5.64. The summed E-state index contributed by atoms with van der Waals surface area (Å²) in [4.78, 5) is 0. The van der Waals surface area contributed by atoms with Gasteiger partial charge in [0.25, 0.3) is 0 Å². The van der Waals surface area contributed by atoms with Crippen molar-refractivity contribution in [3.63, 3.8) is 0 Å². The first-order chi connectivity index (χ1) is 6.58. The molecule has 14 heavy (non-hydrogen) atoms. The van der Waals surface area contributed by atoms with Crippen LogP contribution in [0.5, 0.6) is 0 Å². The monoisotopic (exact) mass is 222 g/mol. The molecule has 0 aromatic heterocycles. The Morgan fingerprint density at radius 3 is 2.57 bits per heavy atom. The maximum Gasteiger partial charge on any atom is 0.214 e. The summed E-state index contributed by atoms with van der Waals surface area (Å²) in [5, 5.41) is 3.05. The smallest absolute Gasteiger partial charge is 0.214 e. The van der Waals surface area contributed by atoms with Crippen LogP contribution in [-0.2, 0) is 14.8 Å². The first-order valence-corrected chi connectivity index (χ1v) is 6.34. The molecule has 1 aliphatic rings. The summed E-state index contributed by atoms with van der Waals surface area (Å²) in [6, 6.07) is 0.141. The first kappa shape index (κ1) is 11.9. The molecule has 1 aliphatic heterocycles. The Hall–Kier alpha value is -0.170. The molecule has 0 bridgehead atoms. The lowest BCUT2D eigenvalue weighted by atomic mass is 10.2. The molecule has 0 aromatic rings. The molecule has 1 fully saturated rings. The van der Waals surface area contributed by atoms with E-state index in [1.807, 2.05) is 0 Å². The van der Waals surface area contributed by atoms with Crippen LogP contribution in [-0.4, -0.2) is 58.4 Å². The van der Waals surface area contributed by atoms with Gasteiger partial charge < -0.3 is 10.1 Å². The Kier molecular flexibility index (Phi) is 4.31. The van der Waals surface area contributed by atoms with Crippen LogP contribution in [0.3, 0.4) is 0 Å². The Labute approximate surface area is 85.5 Å². The van der Waals surface area contributed by atoms with E-state index in [1.165, 1.54) is 4.31 Å². The molecule has 1 rings (SSSR count). The van der Waals surface area contributed by atoms with E-state index in [0.29, 0.717) is 13.0 Å². The van der Waals surface area contributed by atoms with Crippen LogP contribution in [0.2, 0.25) is 0 Å². The van der Waals surface area contributed by atoms with Crippen molar-refractivity contribution in [1.82, 2.24) is 9.62 Å². The van der Waals surface area contributed by atoms with E-state index < -0.39 is 10.0 Å². The van der Waals surface area contributed by atoms with Gasteiger partial charge in [0.05, 0.1) is 5.75 Å². The van der Waals surface area contributed by atoms with Crippen molar-refractivity contribution in [2.24, 2.45) is 0 Å². The number of ether oxygens (including phenoxy) is 1. The Bertz CT molecular complexity index is 262. The number of methoxy groups -OCH3 is 1. The van der Waals surface area contributed by atoms with Crippen molar-refractivity contribution in [3.05, 3.63) is 0 Å². The molecule has 0 spiro atoms. The highest BCUT2D eigenvalue weighted by atomic mass is 32.2. The van der Waals surface area contributed by atoms with Gasteiger partial charge in [-0.25, -0.2) is 8.42 Å². The van der Waals surface area contributed by atoms with Crippen LogP contribution < -0.4 is 5.32 Å². The van der Waals surface area contributed by atoms with Gasteiger partial charge in [-0.1, -0.05) is 0 Å². The topological polar surface area (TPSA) is 58.6 Å². The molecular weight excluding hydrogens is 204 g/mol. The molecule has 1 N–H and O–H groups in total. The summed E-state index contributed by atoms with van der Waals surface area (Å²) in [6.07, 6.45) is 0.559. The number of rotatable bonds is 6. The second kappa shape index (κ2) is 5.06. The molecule has 1 heterocycles. The molecular formula is C8H18N2O3S. The number of nitrogens with zero attached hydrogens (tertiary/aromatic N) is 1. The molecule has 0 aromatic carbocycles. The molecule has 0 amide bonds. The van der Waals surface area contributed by atoms with Gasteiger partial charge in [0, 0.05) is 39.9 Å². The van der Waals surface area contributed by atoms with Crippen LogP contribution >= 0.6 is 0 Å². The lowest BCUT2D eigenvalue weighted by molar-refractivity contribution is 0.198. The maximum absolute atomic E-state index is 11.7. The first-order valence-electron chi connectivity index (χ1n) is 4.73. The van der Waals surface area contributed by atoms with E-state index in [4.69, 9.17) is 4.74 Å². The predicted octanol–water partition coefficient (Wildman–Crippen LogP) is -0.744. The maximum atomic E-state index is 11.7. The molecule has 0 aliphatic carbocycles. The zero-order chi connectivity index (χ0) is 10.6. The third kappa shape index (κ3) is 2.91. The Balaban J connectivity index is 2.38. The minimum Gasteiger partial charge on any atom is -0.385 e. The zero-order valence-electron chi connectivity index (χ0n) is 8.69. The highest BCUT2D eigenvalue weighted by Gasteiger charge is 2.29. The van der Waals surface area contributed by atoms with Crippen LogP contribution in [0.1, 0.15) is 6.42 Å². The van der Waals surface area contributed by atoms with Gasteiger partial charge in [-0.3, -0.25) is 0 Å². The molecule has 0 unspecified atom stereocenters. The van der Waals surface area contributed by atoms with Crippen LogP contribution in [0.25, 0.3) is 0 Å². The van der Waals surface area contributed by atoms with Gasteiger partial charge in [0.2, 0.25) is 10.0 Å². The SMILES string of the molecule is COCCCS(=O)(=O)N(C)C1CNC1. The number of hydrogen-bond acceptors (Lipinski definition) is 4. The van der Waals surface area contributed by atoms with Crippen LogP contribution in [0.4, 0.5) is 0 Å². The summed E-state index contributed by atoms with van der Waals surface area (Å²) >= 11 is 0. The summed E-state index contributed by atoms with van der Waals surface area (Å²) < 4.78 is 29.7. The van der Waals surface area contributed by atoms with Crippen molar-refractivity contribution in [2.45, 2.75) is 12.5 Å². The molecule has 84 valence electrons. The van der Waals surface area contributed by atoms with Gasteiger partial charge in [0.1, 0.15) is 0 Å². The number of hydrogen-bond donors (Lipinski definition) is 1. The third-order valence-electron chi connectivity index (χ3n) is 2.46. The minimum atomic E-state index is -3.08. The number of nitrogens with one attached hydrogen (secondary N) is 1. The van der Waals surface area contributed by atoms with Gasteiger partial charge in [-0.05, 0) is 6.42 Å². The molecule has 5 nitrogen and oxygen atoms in total. The summed E-state index contributed by atoms with van der Waals surface area (Å²) in [6.45, 7) is 2.02. The fraction of sp³-hybridized carbons (Fsp3) is 1.00. The highest BCUT2D eigenvalue weighted by Crippen LogP contribution is 2.09. The zero-order valence-corrected chi connectivity index (χ0v) is 9.51. The van der Waals surface area contributed by atoms with Crippen molar-refractivity contribution in [3.8, 4) is 0 Å². The van der Waals surface area contributed by atoms with Crippen LogP contribution in [0.15, 0.2) is 0 Å². The van der Waals surface area contributed by atoms with E-state index in [0.717, 1.165) is 13.1 Å². The van der Waals surface area contributed by atoms with Gasteiger partial charge in [-0.2, -0.15) is 4.31 Å². The fourth-order valence-electron chi connectivity index (χ4n) is 1.29. The van der Waals surface area contributed by atoms with Gasteiger partial charge >= 0.3 is 0 Å². The van der Waals surface area contributed by atoms with Crippen molar-refractivity contribution in [2.75, 3.05) is 39.6 Å². The summed E-state index contributed by atoms with van der Waals surface area (Å²) in [5.41, 5.74) is 0. The summed E-state index contributed by atoms with van der Waals surface area (Å²) in [5.74, 6) is 0.174. The number of sulfonamides is 1. The quantitative estimate of drug-likeness (QED) is 0.601. The predicted molar refractivity (Wildman–Crippen MR) is 54.7 cm³/mol. The standard InChI is InChI=1S/C8H18N2O3S/c1-10(8-6-9-7-8)14(11,12)5-3-4-13-2/h8-9H,3-7H2,1-2H3. The van der Waals surface area contributed by atoms with E-state index >= 15 is 0 Å². The largest absolute Gasteiger partial charge is 0.385 e. The average Bonchev–Trinajstić information content (AvgIpc) is 2.01. The lowest BCUT2D eigenvalue weighted by Gasteiger charge is -2.34. The van der Waals surface area contributed by atoms with E-state index in [2.05, 4.69) is 5.32 Å². The van der Waals surface area contributed by atoms with E-state index in [9.17, 15) is 8.42 Å². The average molecular weight is 222 g/mol. The molecule has 6 heteroatoms. The number of likely N-dealkylation sites (N-methyl/N-ethyl adjacent to an activating group) is 1. The van der Waals surface area contributed by atoms with Crippen LogP contribution in [0, 0.1) is 0 Å². The fourth-order valence-corrected chi connectivity index (χ4v) is 2.66. The van der Waals surface area contributed by atoms with E-state index in [1.54, 1.807) is 14.2 Å². The third-order valence-corrected chi connectivity index (χ3v) is 4.44.